The summed E-state index contributed by atoms with van der Waals surface area (Å²) in [6.45, 7) is 2.91. The lowest BCUT2D eigenvalue weighted by Crippen LogP contribution is -2.13. The molecule has 1 aromatic rings. The molecule has 0 saturated heterocycles. The number of nitrogens with zero attached hydrogens (tertiary/aromatic N) is 2. The van der Waals surface area contributed by atoms with Crippen LogP contribution >= 0.6 is 0 Å². The Balaban J connectivity index is 2.64. The van der Waals surface area contributed by atoms with Crippen molar-refractivity contribution in [2.45, 2.75) is 13.0 Å². The van der Waals surface area contributed by atoms with Crippen molar-refractivity contribution in [3.8, 4) is 0 Å². The lowest BCUT2D eigenvalue weighted by molar-refractivity contribution is -0.330. The van der Waals surface area contributed by atoms with Crippen molar-refractivity contribution in [2.75, 3.05) is 0 Å². The van der Waals surface area contributed by atoms with Gasteiger partial charge in [-0.2, -0.15) is 5.10 Å². The second-order valence-corrected chi connectivity index (χ2v) is 2.62. The van der Waals surface area contributed by atoms with E-state index in [1.54, 1.807) is 7.05 Å². The summed E-state index contributed by atoms with van der Waals surface area (Å²) < 4.78 is 40.0. The third-order valence-electron chi connectivity index (χ3n) is 1.56. The lowest BCUT2D eigenvalue weighted by atomic mass is 10.3. The maximum Gasteiger partial charge on any atom is 0.522 e. The van der Waals surface area contributed by atoms with Crippen LogP contribution in [0.1, 0.15) is 11.4 Å². The van der Waals surface area contributed by atoms with E-state index in [1.807, 2.05) is 0 Å². The van der Waals surface area contributed by atoms with E-state index in [0.717, 1.165) is 0 Å². The monoisotopic (exact) mass is 206 g/mol. The van der Waals surface area contributed by atoms with Gasteiger partial charge in [0.2, 0.25) is 0 Å². The molecule has 0 saturated carbocycles. The molecule has 0 bridgehead atoms. The molecule has 1 aromatic heterocycles. The van der Waals surface area contributed by atoms with Gasteiger partial charge >= 0.3 is 6.36 Å². The van der Waals surface area contributed by atoms with Gasteiger partial charge in [0.15, 0.2) is 0 Å². The standard InChI is InChI=1S/C8H9F3N2O/c1-3-7-4-6(12-13(7)2)5-14-8(9,10)11/h3-4H,1,5H2,2H3. The highest BCUT2D eigenvalue weighted by molar-refractivity contribution is 5.42. The zero-order chi connectivity index (χ0) is 10.8. The molecule has 1 heterocycles. The molecule has 0 aromatic carbocycles. The molecule has 0 fully saturated rings. The van der Waals surface area contributed by atoms with Crippen LogP contribution < -0.4 is 0 Å². The fraction of sp³-hybridized carbons (Fsp3) is 0.375. The molecule has 14 heavy (non-hydrogen) atoms. The number of ether oxygens (including phenoxy) is 1. The van der Waals surface area contributed by atoms with Crippen LogP contribution in [0.25, 0.3) is 6.08 Å². The second-order valence-electron chi connectivity index (χ2n) is 2.62. The molecule has 0 unspecified atom stereocenters. The minimum Gasteiger partial charge on any atom is -0.285 e. The summed E-state index contributed by atoms with van der Waals surface area (Å²) in [4.78, 5) is 0. The third kappa shape index (κ3) is 2.88. The van der Waals surface area contributed by atoms with Crippen LogP contribution in [0, 0.1) is 0 Å². The van der Waals surface area contributed by atoms with Gasteiger partial charge in [0.05, 0.1) is 11.4 Å². The molecular weight excluding hydrogens is 197 g/mol. The van der Waals surface area contributed by atoms with Crippen molar-refractivity contribution in [1.29, 1.82) is 0 Å². The van der Waals surface area contributed by atoms with Crippen LogP contribution in [0.15, 0.2) is 12.6 Å². The van der Waals surface area contributed by atoms with Crippen molar-refractivity contribution < 1.29 is 17.9 Å². The molecule has 6 heteroatoms. The van der Waals surface area contributed by atoms with Crippen molar-refractivity contribution in [1.82, 2.24) is 9.78 Å². The Morgan fingerprint density at radius 1 is 1.64 bits per heavy atom. The van der Waals surface area contributed by atoms with Gasteiger partial charge in [0.1, 0.15) is 6.61 Å². The van der Waals surface area contributed by atoms with Crippen LogP contribution in [0.3, 0.4) is 0 Å². The van der Waals surface area contributed by atoms with Gasteiger partial charge in [0.25, 0.3) is 0 Å². The van der Waals surface area contributed by atoms with Crippen molar-refractivity contribution in [3.63, 3.8) is 0 Å². The van der Waals surface area contributed by atoms with E-state index < -0.39 is 13.0 Å². The van der Waals surface area contributed by atoms with E-state index in [-0.39, 0.29) is 5.69 Å². The van der Waals surface area contributed by atoms with E-state index in [1.165, 1.54) is 16.8 Å². The summed E-state index contributed by atoms with van der Waals surface area (Å²) in [5.41, 5.74) is 0.866. The van der Waals surface area contributed by atoms with Crippen LogP contribution in [0.4, 0.5) is 13.2 Å². The number of hydrogen-bond acceptors (Lipinski definition) is 2. The maximum atomic E-state index is 11.7. The van der Waals surface area contributed by atoms with Gasteiger partial charge in [-0.25, -0.2) is 0 Å². The highest BCUT2D eigenvalue weighted by Gasteiger charge is 2.29. The minimum absolute atomic E-state index is 0.222. The maximum absolute atomic E-state index is 11.7. The van der Waals surface area contributed by atoms with Crippen molar-refractivity contribution >= 4 is 6.08 Å². The summed E-state index contributed by atoms with van der Waals surface area (Å²) in [6, 6.07) is 1.48. The first kappa shape index (κ1) is 10.8. The number of aromatic nitrogens is 2. The zero-order valence-electron chi connectivity index (χ0n) is 7.51. The first-order valence-electron chi connectivity index (χ1n) is 3.78. The number of hydrogen-bond donors (Lipinski definition) is 0. The Hall–Kier alpha value is -1.30. The van der Waals surface area contributed by atoms with Crippen molar-refractivity contribution in [3.05, 3.63) is 24.0 Å². The van der Waals surface area contributed by atoms with Gasteiger partial charge < -0.3 is 0 Å². The van der Waals surface area contributed by atoms with Crippen molar-refractivity contribution in [2.24, 2.45) is 7.05 Å². The van der Waals surface area contributed by atoms with Gasteiger partial charge in [-0.05, 0) is 12.1 Å². The molecule has 3 nitrogen and oxygen atoms in total. The fourth-order valence-corrected chi connectivity index (χ4v) is 0.961. The number of rotatable bonds is 3. The fourth-order valence-electron chi connectivity index (χ4n) is 0.961. The Morgan fingerprint density at radius 2 is 2.29 bits per heavy atom. The summed E-state index contributed by atoms with van der Waals surface area (Å²) >= 11 is 0. The molecule has 0 aliphatic rings. The summed E-state index contributed by atoms with van der Waals surface area (Å²) in [5, 5.41) is 3.80. The van der Waals surface area contributed by atoms with Gasteiger partial charge in [0, 0.05) is 7.05 Å². The van der Waals surface area contributed by atoms with E-state index >= 15 is 0 Å². The second kappa shape index (κ2) is 3.83. The normalized spacial score (nSPS) is 11.7. The topological polar surface area (TPSA) is 27.1 Å². The number of halogens is 3. The number of aryl methyl sites for hydroxylation is 1. The van der Waals surface area contributed by atoms with E-state index in [4.69, 9.17) is 0 Å². The van der Waals surface area contributed by atoms with Crippen LogP contribution in [0.2, 0.25) is 0 Å². The van der Waals surface area contributed by atoms with Crippen LogP contribution in [-0.2, 0) is 18.4 Å². The molecular formula is C8H9F3N2O. The van der Waals surface area contributed by atoms with Crippen LogP contribution in [0.5, 0.6) is 0 Å². The highest BCUT2D eigenvalue weighted by atomic mass is 19.4. The van der Waals surface area contributed by atoms with E-state index in [0.29, 0.717) is 5.69 Å². The average Bonchev–Trinajstić information content (AvgIpc) is 2.42. The largest absolute Gasteiger partial charge is 0.522 e. The number of alkyl halides is 3. The molecule has 0 atom stereocenters. The Labute approximate surface area is 78.8 Å². The lowest BCUT2D eigenvalue weighted by Gasteiger charge is -2.04. The van der Waals surface area contributed by atoms with Gasteiger partial charge in [-0.3, -0.25) is 9.42 Å². The molecule has 0 amide bonds. The zero-order valence-corrected chi connectivity index (χ0v) is 7.51. The molecule has 0 radical (unpaired) electrons. The SMILES string of the molecule is C=Cc1cc(COC(F)(F)F)nn1C. The van der Waals surface area contributed by atoms with Gasteiger partial charge in [-0.15, -0.1) is 13.2 Å². The molecule has 78 valence electrons. The minimum atomic E-state index is -4.62. The predicted molar refractivity (Wildman–Crippen MR) is 44.1 cm³/mol. The smallest absolute Gasteiger partial charge is 0.285 e. The Kier molecular flexibility index (Phi) is 2.95. The Bertz CT molecular complexity index is 330. The first-order valence-corrected chi connectivity index (χ1v) is 3.78. The summed E-state index contributed by atoms with van der Waals surface area (Å²) in [5.74, 6) is 0. The van der Waals surface area contributed by atoms with Crippen LogP contribution in [-0.4, -0.2) is 16.1 Å². The third-order valence-corrected chi connectivity index (χ3v) is 1.56. The predicted octanol–water partition coefficient (Wildman–Crippen LogP) is 2.10. The van der Waals surface area contributed by atoms with Gasteiger partial charge in [-0.1, -0.05) is 6.58 Å². The summed E-state index contributed by atoms with van der Waals surface area (Å²) in [7, 11) is 1.62. The molecule has 0 spiro atoms. The summed E-state index contributed by atoms with van der Waals surface area (Å²) in [6.07, 6.45) is -3.12. The Morgan fingerprint density at radius 3 is 2.71 bits per heavy atom. The average molecular weight is 206 g/mol. The molecule has 0 N–H and O–H groups in total. The molecule has 0 aliphatic heterocycles. The molecule has 0 aliphatic carbocycles. The van der Waals surface area contributed by atoms with E-state index in [9.17, 15) is 13.2 Å². The highest BCUT2D eigenvalue weighted by Crippen LogP contribution is 2.18. The first-order chi connectivity index (χ1) is 6.42. The molecule has 1 rings (SSSR count). The quantitative estimate of drug-likeness (QED) is 0.757. The van der Waals surface area contributed by atoms with E-state index in [2.05, 4.69) is 16.4 Å².